The summed E-state index contributed by atoms with van der Waals surface area (Å²) in [5, 5.41) is 0. The average Bonchev–Trinajstić information content (AvgIpc) is 2.66. The van der Waals surface area contributed by atoms with Gasteiger partial charge in [-0.1, -0.05) is 60.7 Å². The molecule has 0 aliphatic carbocycles. The minimum atomic E-state index is 0.439. The molecule has 0 N–H and O–H groups in total. The van der Waals surface area contributed by atoms with Crippen molar-refractivity contribution in [1.82, 2.24) is 0 Å². The molecule has 0 amide bonds. The molecular weight excluding hydrogens is 380 g/mol. The van der Waals surface area contributed by atoms with Crippen molar-refractivity contribution in [3.63, 3.8) is 0 Å². The van der Waals surface area contributed by atoms with Crippen molar-refractivity contribution >= 4 is 16.3 Å². The van der Waals surface area contributed by atoms with Crippen LogP contribution in [0.2, 0.25) is 0 Å². The molecule has 3 nitrogen and oxygen atoms in total. The zero-order valence-corrected chi connectivity index (χ0v) is 15.5. The summed E-state index contributed by atoms with van der Waals surface area (Å²) in [5.74, 6) is 1.84. The van der Waals surface area contributed by atoms with Crippen LogP contribution in [0.15, 0.2) is 72.8 Å². The molecule has 0 fully saturated rings. The summed E-state index contributed by atoms with van der Waals surface area (Å²) in [5.41, 5.74) is 3.21. The molecule has 0 atom stereocenters. The molecule has 0 saturated carbocycles. The van der Waals surface area contributed by atoms with Crippen LogP contribution in [0.4, 0.5) is 0 Å². The molecule has 0 radical (unpaired) electrons. The van der Waals surface area contributed by atoms with Crippen LogP contribution in [-0.2, 0) is 13.2 Å². The molecule has 0 unspecified atom stereocenters. The fraction of sp³-hybridized carbons (Fsp3) is 0.143. The number of hydrogen-bond acceptors (Lipinski definition) is 3. The minimum absolute atomic E-state index is 0.439. The van der Waals surface area contributed by atoms with Crippen molar-refractivity contribution in [3.8, 4) is 17.2 Å². The first-order chi connectivity index (χ1) is 12.3. The van der Waals surface area contributed by atoms with Gasteiger partial charge in [0.25, 0.3) is 0 Å². The van der Waals surface area contributed by atoms with Crippen LogP contribution in [0.1, 0.15) is 16.7 Å². The Morgan fingerprint density at radius 3 is 1.80 bits per heavy atom. The first kappa shape index (κ1) is 17.4. The van der Waals surface area contributed by atoms with Gasteiger partial charge < -0.3 is 13.3 Å². The van der Waals surface area contributed by atoms with Gasteiger partial charge in [0.2, 0.25) is 5.75 Å². The van der Waals surface area contributed by atoms with E-state index in [0.29, 0.717) is 30.5 Å². The average molecular weight is 399 g/mol. The third-order valence-electron chi connectivity index (χ3n) is 3.71. The highest BCUT2D eigenvalue weighted by Crippen LogP contribution is 2.40. The van der Waals surface area contributed by atoms with Gasteiger partial charge in [-0.05, 0) is 35.7 Å². The lowest BCUT2D eigenvalue weighted by Gasteiger charge is -2.16. The smallest absolute Gasteiger partial charge is 0.205 e. The lowest BCUT2D eigenvalue weighted by atomic mass is 10.2. The van der Waals surface area contributed by atoms with Crippen LogP contribution in [0.3, 0.4) is 0 Å². The van der Waals surface area contributed by atoms with Gasteiger partial charge in [-0.25, -0.2) is 0 Å². The van der Waals surface area contributed by atoms with Crippen molar-refractivity contribution < 1.29 is 13.3 Å². The Labute approximate surface area is 156 Å². The van der Waals surface area contributed by atoms with Crippen LogP contribution in [-0.4, -0.2) is 0 Å². The summed E-state index contributed by atoms with van der Waals surface area (Å²) in [6.45, 7) is 2.90. The molecule has 3 aromatic rings. The standard InChI is InChI=1S/C21H19BrO3/c1-16-12-19(23-14-17-8-4-2-5-9-17)21(20(13-16)25-22)24-15-18-10-6-3-7-11-18/h2-13H,14-15H2,1H3. The number of rotatable bonds is 7. The van der Waals surface area contributed by atoms with E-state index in [-0.39, 0.29) is 0 Å². The molecule has 25 heavy (non-hydrogen) atoms. The van der Waals surface area contributed by atoms with Crippen LogP contribution in [0.5, 0.6) is 17.2 Å². The second-order valence-corrected chi connectivity index (χ2v) is 6.04. The van der Waals surface area contributed by atoms with Crippen molar-refractivity contribution in [2.45, 2.75) is 20.1 Å². The zero-order valence-electron chi connectivity index (χ0n) is 13.9. The quantitative estimate of drug-likeness (QED) is 0.500. The van der Waals surface area contributed by atoms with Gasteiger partial charge in [-0.15, -0.1) is 0 Å². The van der Waals surface area contributed by atoms with Gasteiger partial charge in [-0.2, -0.15) is 0 Å². The van der Waals surface area contributed by atoms with Crippen molar-refractivity contribution in [2.75, 3.05) is 0 Å². The first-order valence-electron chi connectivity index (χ1n) is 8.03. The van der Waals surface area contributed by atoms with Crippen LogP contribution >= 0.6 is 16.3 Å². The van der Waals surface area contributed by atoms with Crippen molar-refractivity contribution in [3.05, 3.63) is 89.5 Å². The molecule has 3 aromatic carbocycles. The van der Waals surface area contributed by atoms with Gasteiger partial charge in [0, 0.05) is 0 Å². The third-order valence-corrected chi connectivity index (χ3v) is 4.06. The fourth-order valence-electron chi connectivity index (χ4n) is 2.48. The first-order valence-corrected chi connectivity index (χ1v) is 8.67. The topological polar surface area (TPSA) is 27.7 Å². The van der Waals surface area contributed by atoms with Gasteiger partial charge in [0.05, 0.1) is 0 Å². The summed E-state index contributed by atoms with van der Waals surface area (Å²) >= 11 is 3.06. The monoisotopic (exact) mass is 398 g/mol. The molecule has 0 aliphatic heterocycles. The van der Waals surface area contributed by atoms with E-state index >= 15 is 0 Å². The minimum Gasteiger partial charge on any atom is -0.485 e. The molecule has 0 spiro atoms. The van der Waals surface area contributed by atoms with Crippen LogP contribution in [0.25, 0.3) is 0 Å². The van der Waals surface area contributed by atoms with Crippen LogP contribution in [0, 0.1) is 6.92 Å². The molecule has 0 heterocycles. The summed E-state index contributed by atoms with van der Waals surface area (Å²) < 4.78 is 17.3. The van der Waals surface area contributed by atoms with E-state index in [1.807, 2.05) is 79.7 Å². The van der Waals surface area contributed by atoms with Gasteiger partial charge >= 0.3 is 0 Å². The van der Waals surface area contributed by atoms with E-state index in [1.165, 1.54) is 0 Å². The summed E-state index contributed by atoms with van der Waals surface area (Å²) in [7, 11) is 0. The van der Waals surface area contributed by atoms with E-state index in [0.717, 1.165) is 16.7 Å². The maximum absolute atomic E-state index is 6.01. The second kappa shape index (κ2) is 8.58. The number of aryl methyl sites for hydroxylation is 1. The SMILES string of the molecule is Cc1cc(OBr)c(OCc2ccccc2)c(OCc2ccccc2)c1. The number of ether oxygens (including phenoxy) is 2. The molecule has 128 valence electrons. The van der Waals surface area contributed by atoms with E-state index in [9.17, 15) is 0 Å². The van der Waals surface area contributed by atoms with Gasteiger partial charge in [0.1, 0.15) is 13.2 Å². The Morgan fingerprint density at radius 2 is 1.24 bits per heavy atom. The normalized spacial score (nSPS) is 10.3. The van der Waals surface area contributed by atoms with Gasteiger partial charge in [0.15, 0.2) is 27.8 Å². The Bertz CT molecular complexity index is 804. The lowest BCUT2D eigenvalue weighted by molar-refractivity contribution is 0.251. The molecule has 4 heteroatoms. The predicted molar refractivity (Wildman–Crippen MR) is 102 cm³/mol. The zero-order chi connectivity index (χ0) is 17.5. The van der Waals surface area contributed by atoms with E-state index in [4.69, 9.17) is 13.3 Å². The maximum Gasteiger partial charge on any atom is 0.205 e. The van der Waals surface area contributed by atoms with Crippen molar-refractivity contribution in [1.29, 1.82) is 0 Å². The van der Waals surface area contributed by atoms with Crippen molar-refractivity contribution in [2.24, 2.45) is 0 Å². The van der Waals surface area contributed by atoms with Crippen LogP contribution < -0.4 is 13.3 Å². The lowest BCUT2D eigenvalue weighted by Crippen LogP contribution is -2.02. The number of halogens is 1. The predicted octanol–water partition coefficient (Wildman–Crippen LogP) is 5.84. The maximum atomic E-state index is 6.01. The third kappa shape index (κ3) is 4.77. The van der Waals surface area contributed by atoms with E-state index < -0.39 is 0 Å². The highest BCUT2D eigenvalue weighted by Gasteiger charge is 2.15. The number of hydrogen-bond donors (Lipinski definition) is 0. The molecule has 0 bridgehead atoms. The molecule has 0 aromatic heterocycles. The highest BCUT2D eigenvalue weighted by molar-refractivity contribution is 9.06. The summed E-state index contributed by atoms with van der Waals surface area (Å²) in [4.78, 5) is 0. The Kier molecular flexibility index (Phi) is 5.96. The highest BCUT2D eigenvalue weighted by atomic mass is 79.9. The summed E-state index contributed by atoms with van der Waals surface area (Å²) in [6.07, 6.45) is 0. The Balaban J connectivity index is 1.81. The molecule has 3 rings (SSSR count). The largest absolute Gasteiger partial charge is 0.485 e. The second-order valence-electron chi connectivity index (χ2n) is 5.72. The molecule has 0 saturated heterocycles. The van der Waals surface area contributed by atoms with E-state index in [2.05, 4.69) is 16.3 Å². The Hall–Kier alpha value is -2.46. The molecule has 0 aliphatic rings. The Morgan fingerprint density at radius 1 is 0.720 bits per heavy atom. The molecular formula is C21H19BrO3. The summed E-state index contributed by atoms with van der Waals surface area (Å²) in [6, 6.07) is 23.9. The van der Waals surface area contributed by atoms with E-state index in [1.54, 1.807) is 0 Å². The van der Waals surface area contributed by atoms with Gasteiger partial charge in [-0.3, -0.25) is 0 Å². The fourth-order valence-corrected chi connectivity index (χ4v) is 2.72. The number of benzene rings is 3.